The van der Waals surface area contributed by atoms with Crippen molar-refractivity contribution >= 4 is 29.1 Å². The van der Waals surface area contributed by atoms with Crippen LogP contribution in [0, 0.1) is 0 Å². The van der Waals surface area contributed by atoms with Crippen molar-refractivity contribution in [2.75, 3.05) is 13.1 Å². The summed E-state index contributed by atoms with van der Waals surface area (Å²) in [6, 6.07) is 5.58. The van der Waals surface area contributed by atoms with Crippen molar-refractivity contribution in [3.05, 3.63) is 33.8 Å². The van der Waals surface area contributed by atoms with Crippen molar-refractivity contribution in [3.63, 3.8) is 0 Å². The van der Waals surface area contributed by atoms with Crippen LogP contribution in [0.4, 0.5) is 0 Å². The topological polar surface area (TPSA) is 32.3 Å². The number of rotatable bonds is 6. The molecular formula is C14H20Cl2N2O. The maximum absolute atomic E-state index is 11.8. The third-order valence-electron chi connectivity index (χ3n) is 2.71. The third-order valence-corrected chi connectivity index (χ3v) is 3.42. The molecule has 0 aliphatic carbocycles. The molecule has 0 saturated carbocycles. The number of hydrogen-bond acceptors (Lipinski definition) is 2. The first-order valence-electron chi connectivity index (χ1n) is 6.38. The molecule has 1 aromatic carbocycles. The number of likely N-dealkylation sites (N-methyl/N-ethyl adjacent to an activating group) is 1. The highest BCUT2D eigenvalue weighted by atomic mass is 35.5. The van der Waals surface area contributed by atoms with Crippen LogP contribution in [-0.4, -0.2) is 29.9 Å². The second-order valence-corrected chi connectivity index (χ2v) is 5.54. The van der Waals surface area contributed by atoms with Gasteiger partial charge in [-0.15, -0.1) is 0 Å². The minimum absolute atomic E-state index is 0.0139. The van der Waals surface area contributed by atoms with Crippen LogP contribution in [0.5, 0.6) is 0 Å². The number of nitrogens with one attached hydrogen (secondary N) is 1. The SMILES string of the molecule is CCN(CC(=O)NC(C)C)Cc1c(Cl)cccc1Cl. The second kappa shape index (κ2) is 7.73. The molecule has 5 heteroatoms. The van der Waals surface area contributed by atoms with Gasteiger partial charge in [0, 0.05) is 28.2 Å². The van der Waals surface area contributed by atoms with E-state index in [2.05, 4.69) is 5.32 Å². The van der Waals surface area contributed by atoms with Crippen molar-refractivity contribution in [2.45, 2.75) is 33.4 Å². The molecule has 0 aromatic heterocycles. The molecule has 0 heterocycles. The van der Waals surface area contributed by atoms with E-state index >= 15 is 0 Å². The Kier molecular flexibility index (Phi) is 6.63. The molecule has 0 radical (unpaired) electrons. The van der Waals surface area contributed by atoms with E-state index in [1.54, 1.807) is 0 Å². The van der Waals surface area contributed by atoms with Crippen molar-refractivity contribution in [1.82, 2.24) is 10.2 Å². The van der Waals surface area contributed by atoms with Gasteiger partial charge < -0.3 is 5.32 Å². The lowest BCUT2D eigenvalue weighted by atomic mass is 10.2. The minimum atomic E-state index is 0.0139. The van der Waals surface area contributed by atoms with Gasteiger partial charge in [0.05, 0.1) is 6.54 Å². The molecule has 1 N–H and O–H groups in total. The second-order valence-electron chi connectivity index (χ2n) is 4.73. The van der Waals surface area contributed by atoms with Crippen molar-refractivity contribution in [1.29, 1.82) is 0 Å². The third kappa shape index (κ3) is 5.39. The molecule has 19 heavy (non-hydrogen) atoms. The lowest BCUT2D eigenvalue weighted by molar-refractivity contribution is -0.122. The van der Waals surface area contributed by atoms with Crippen molar-refractivity contribution in [3.8, 4) is 0 Å². The minimum Gasteiger partial charge on any atom is -0.353 e. The summed E-state index contributed by atoms with van der Waals surface area (Å²) in [6.07, 6.45) is 0. The van der Waals surface area contributed by atoms with E-state index in [1.807, 2.05) is 43.9 Å². The zero-order valence-electron chi connectivity index (χ0n) is 11.5. The van der Waals surface area contributed by atoms with Crippen LogP contribution in [0.25, 0.3) is 0 Å². The largest absolute Gasteiger partial charge is 0.353 e. The average Bonchev–Trinajstić information content (AvgIpc) is 2.31. The summed E-state index contributed by atoms with van der Waals surface area (Å²) in [6.45, 7) is 7.56. The molecule has 0 atom stereocenters. The van der Waals surface area contributed by atoms with E-state index in [-0.39, 0.29) is 11.9 Å². The van der Waals surface area contributed by atoms with Gasteiger partial charge in [0.1, 0.15) is 0 Å². The van der Waals surface area contributed by atoms with E-state index < -0.39 is 0 Å². The number of halogens is 2. The van der Waals surface area contributed by atoms with Crippen LogP contribution >= 0.6 is 23.2 Å². The Morgan fingerprint density at radius 3 is 2.37 bits per heavy atom. The van der Waals surface area contributed by atoms with Crippen LogP contribution in [0.15, 0.2) is 18.2 Å². The van der Waals surface area contributed by atoms with Crippen LogP contribution in [0.2, 0.25) is 10.0 Å². The van der Waals surface area contributed by atoms with Crippen molar-refractivity contribution < 1.29 is 4.79 Å². The van der Waals surface area contributed by atoms with Gasteiger partial charge in [-0.05, 0) is 32.5 Å². The molecular weight excluding hydrogens is 283 g/mol. The molecule has 3 nitrogen and oxygen atoms in total. The summed E-state index contributed by atoms with van der Waals surface area (Å²) in [5.74, 6) is 0.0139. The Morgan fingerprint density at radius 2 is 1.89 bits per heavy atom. The smallest absolute Gasteiger partial charge is 0.234 e. The summed E-state index contributed by atoms with van der Waals surface area (Å²) in [4.78, 5) is 13.8. The number of carbonyl (C=O) groups is 1. The Morgan fingerprint density at radius 1 is 1.32 bits per heavy atom. The lowest BCUT2D eigenvalue weighted by Gasteiger charge is -2.21. The Balaban J connectivity index is 2.69. The summed E-state index contributed by atoms with van der Waals surface area (Å²) >= 11 is 12.3. The van der Waals surface area contributed by atoms with Gasteiger partial charge in [0.25, 0.3) is 0 Å². The Labute approximate surface area is 124 Å². The highest BCUT2D eigenvalue weighted by Gasteiger charge is 2.13. The molecule has 0 aliphatic heterocycles. The molecule has 0 unspecified atom stereocenters. The zero-order valence-corrected chi connectivity index (χ0v) is 13.1. The summed E-state index contributed by atoms with van der Waals surface area (Å²) in [7, 11) is 0. The summed E-state index contributed by atoms with van der Waals surface area (Å²) in [5, 5.41) is 4.14. The van der Waals surface area contributed by atoms with Crippen LogP contribution in [0.3, 0.4) is 0 Å². The molecule has 1 amide bonds. The van der Waals surface area contributed by atoms with E-state index in [0.717, 1.165) is 12.1 Å². The normalized spacial score (nSPS) is 11.1. The van der Waals surface area contributed by atoms with Crippen LogP contribution < -0.4 is 5.32 Å². The maximum Gasteiger partial charge on any atom is 0.234 e. The monoisotopic (exact) mass is 302 g/mol. The molecule has 0 saturated heterocycles. The fourth-order valence-corrected chi connectivity index (χ4v) is 2.27. The van der Waals surface area contributed by atoms with E-state index in [9.17, 15) is 4.79 Å². The molecule has 1 aromatic rings. The molecule has 1 rings (SSSR count). The molecule has 0 spiro atoms. The predicted molar refractivity (Wildman–Crippen MR) is 80.7 cm³/mol. The van der Waals surface area contributed by atoms with Gasteiger partial charge in [-0.3, -0.25) is 9.69 Å². The quantitative estimate of drug-likeness (QED) is 0.874. The molecule has 106 valence electrons. The first-order chi connectivity index (χ1) is 8.93. The summed E-state index contributed by atoms with van der Waals surface area (Å²) < 4.78 is 0. The number of nitrogens with zero attached hydrogens (tertiary/aromatic N) is 1. The van der Waals surface area contributed by atoms with Crippen LogP contribution in [0.1, 0.15) is 26.3 Å². The lowest BCUT2D eigenvalue weighted by Crippen LogP contribution is -2.39. The van der Waals surface area contributed by atoms with Gasteiger partial charge in [0.2, 0.25) is 5.91 Å². The number of benzene rings is 1. The first-order valence-corrected chi connectivity index (χ1v) is 7.14. The van der Waals surface area contributed by atoms with Gasteiger partial charge in [0.15, 0.2) is 0 Å². The Bertz CT molecular complexity index is 415. The van der Waals surface area contributed by atoms with Crippen LogP contribution in [-0.2, 0) is 11.3 Å². The number of hydrogen-bond donors (Lipinski definition) is 1. The van der Waals surface area contributed by atoms with E-state index in [0.29, 0.717) is 23.1 Å². The molecule has 0 fully saturated rings. The average molecular weight is 303 g/mol. The van der Waals surface area contributed by atoms with Gasteiger partial charge in [-0.1, -0.05) is 36.2 Å². The number of amides is 1. The molecule has 0 bridgehead atoms. The summed E-state index contributed by atoms with van der Waals surface area (Å²) in [5.41, 5.74) is 0.866. The maximum atomic E-state index is 11.8. The fourth-order valence-electron chi connectivity index (χ4n) is 1.76. The van der Waals surface area contributed by atoms with Gasteiger partial charge in [-0.2, -0.15) is 0 Å². The van der Waals surface area contributed by atoms with Crippen molar-refractivity contribution in [2.24, 2.45) is 0 Å². The number of carbonyl (C=O) groups excluding carboxylic acids is 1. The standard InChI is InChI=1S/C14H20Cl2N2O/c1-4-18(9-14(19)17-10(2)3)8-11-12(15)6-5-7-13(11)16/h5-7,10H,4,8-9H2,1-3H3,(H,17,19). The zero-order chi connectivity index (χ0) is 14.4. The highest BCUT2D eigenvalue weighted by molar-refractivity contribution is 6.35. The van der Waals surface area contributed by atoms with E-state index in [4.69, 9.17) is 23.2 Å². The fraction of sp³-hybridized carbons (Fsp3) is 0.500. The molecule has 0 aliphatic rings. The Hall–Kier alpha value is -0.770. The van der Waals surface area contributed by atoms with E-state index in [1.165, 1.54) is 0 Å². The highest BCUT2D eigenvalue weighted by Crippen LogP contribution is 2.25. The van der Waals surface area contributed by atoms with Gasteiger partial charge >= 0.3 is 0 Å². The van der Waals surface area contributed by atoms with Gasteiger partial charge in [-0.25, -0.2) is 0 Å². The first kappa shape index (κ1) is 16.3. The predicted octanol–water partition coefficient (Wildman–Crippen LogP) is 3.34.